The Morgan fingerprint density at radius 1 is 0.795 bits per heavy atom. The van der Waals surface area contributed by atoms with E-state index < -0.39 is 47.9 Å². The lowest BCUT2D eigenvalue weighted by Gasteiger charge is -2.25. The molecule has 0 aliphatic rings. The molecule has 0 saturated carbocycles. The number of hydrogen-bond donors (Lipinski definition) is 8. The SMILES string of the molecule is NC(N)=NCCC[C@H](NC(=O)[C@H](Cc1ccccc1)NC(=O)[C@H](Cc1ccccc1)NC(=O)[C@@H](N)Cc1cnc[nH]1)C(=O)O. The van der Waals surface area contributed by atoms with Crippen molar-refractivity contribution in [3.8, 4) is 0 Å². The minimum atomic E-state index is -1.24. The maximum Gasteiger partial charge on any atom is 0.326 e. The molecule has 2 aromatic carbocycles. The number of nitrogens with zero attached hydrogens (tertiary/aromatic N) is 2. The van der Waals surface area contributed by atoms with Crippen LogP contribution in [-0.4, -0.2) is 75.4 Å². The van der Waals surface area contributed by atoms with E-state index in [9.17, 15) is 24.3 Å². The molecule has 3 amide bonds. The van der Waals surface area contributed by atoms with Crippen LogP contribution in [-0.2, 0) is 38.4 Å². The minimum absolute atomic E-state index is 0.0603. The van der Waals surface area contributed by atoms with Crippen molar-refractivity contribution >= 4 is 29.7 Å². The summed E-state index contributed by atoms with van der Waals surface area (Å²) >= 11 is 0. The number of carboxylic acid groups (broad SMARTS) is 1. The smallest absolute Gasteiger partial charge is 0.326 e. The van der Waals surface area contributed by atoms with E-state index in [1.807, 2.05) is 24.3 Å². The van der Waals surface area contributed by atoms with Gasteiger partial charge in [-0.3, -0.25) is 19.4 Å². The van der Waals surface area contributed by atoms with E-state index in [1.54, 1.807) is 42.6 Å². The van der Waals surface area contributed by atoms with E-state index in [0.717, 1.165) is 11.1 Å². The van der Waals surface area contributed by atoms with Gasteiger partial charge in [-0.1, -0.05) is 60.7 Å². The van der Waals surface area contributed by atoms with Crippen LogP contribution >= 0.6 is 0 Å². The zero-order valence-corrected chi connectivity index (χ0v) is 24.2. The number of carbonyl (C=O) groups excluding carboxylic acids is 3. The first-order valence-electron chi connectivity index (χ1n) is 14.1. The molecule has 0 unspecified atom stereocenters. The number of H-pyrrole nitrogens is 1. The van der Waals surface area contributed by atoms with Crippen molar-refractivity contribution in [2.24, 2.45) is 22.2 Å². The molecule has 0 saturated heterocycles. The Balaban J connectivity index is 1.79. The number of imidazole rings is 1. The number of amides is 3. The lowest BCUT2D eigenvalue weighted by Crippen LogP contribution is -2.58. The summed E-state index contributed by atoms with van der Waals surface area (Å²) in [5, 5.41) is 17.7. The molecule has 3 rings (SSSR count). The van der Waals surface area contributed by atoms with Crippen LogP contribution in [0.3, 0.4) is 0 Å². The highest BCUT2D eigenvalue weighted by atomic mass is 16.4. The van der Waals surface area contributed by atoms with Crippen molar-refractivity contribution in [2.45, 2.75) is 56.3 Å². The number of aliphatic carboxylic acids is 1. The molecule has 44 heavy (non-hydrogen) atoms. The largest absolute Gasteiger partial charge is 0.480 e. The summed E-state index contributed by atoms with van der Waals surface area (Å²) in [7, 11) is 0. The monoisotopic (exact) mass is 605 g/mol. The molecule has 0 bridgehead atoms. The van der Waals surface area contributed by atoms with Crippen LogP contribution in [0.25, 0.3) is 0 Å². The highest BCUT2D eigenvalue weighted by Crippen LogP contribution is 2.09. The molecule has 4 atom stereocenters. The Morgan fingerprint density at radius 3 is 1.80 bits per heavy atom. The Hall–Kier alpha value is -5.24. The summed E-state index contributed by atoms with van der Waals surface area (Å²) in [6, 6.07) is 13.6. The molecule has 14 heteroatoms. The second-order valence-corrected chi connectivity index (χ2v) is 10.2. The van der Waals surface area contributed by atoms with Gasteiger partial charge in [0.15, 0.2) is 5.96 Å². The lowest BCUT2D eigenvalue weighted by molar-refractivity contribution is -0.142. The van der Waals surface area contributed by atoms with Crippen molar-refractivity contribution in [1.29, 1.82) is 0 Å². The van der Waals surface area contributed by atoms with Gasteiger partial charge in [-0.25, -0.2) is 9.78 Å². The van der Waals surface area contributed by atoms with Crippen LogP contribution in [0, 0.1) is 0 Å². The fraction of sp³-hybridized carbons (Fsp3) is 0.333. The molecule has 0 aliphatic carbocycles. The van der Waals surface area contributed by atoms with E-state index in [1.165, 1.54) is 6.33 Å². The van der Waals surface area contributed by atoms with Crippen LogP contribution in [0.4, 0.5) is 0 Å². The van der Waals surface area contributed by atoms with Crippen molar-refractivity contribution in [3.63, 3.8) is 0 Å². The zero-order valence-electron chi connectivity index (χ0n) is 24.2. The highest BCUT2D eigenvalue weighted by molar-refractivity contribution is 5.94. The summed E-state index contributed by atoms with van der Waals surface area (Å²) in [6.45, 7) is 0.190. The number of carbonyl (C=O) groups is 4. The van der Waals surface area contributed by atoms with Gasteiger partial charge in [0, 0.05) is 37.7 Å². The number of aromatic nitrogens is 2. The van der Waals surface area contributed by atoms with Gasteiger partial charge in [0.1, 0.15) is 18.1 Å². The van der Waals surface area contributed by atoms with Gasteiger partial charge in [0.2, 0.25) is 17.7 Å². The number of hydrogen-bond acceptors (Lipinski definition) is 7. The minimum Gasteiger partial charge on any atom is -0.480 e. The van der Waals surface area contributed by atoms with Crippen LogP contribution in [0.5, 0.6) is 0 Å². The molecule has 0 spiro atoms. The molecule has 234 valence electrons. The fourth-order valence-electron chi connectivity index (χ4n) is 4.43. The molecule has 3 aromatic rings. The third-order valence-corrected chi connectivity index (χ3v) is 6.72. The first-order valence-corrected chi connectivity index (χ1v) is 14.1. The fourth-order valence-corrected chi connectivity index (χ4v) is 4.43. The number of aliphatic imine (C=N–C) groups is 1. The summed E-state index contributed by atoms with van der Waals surface area (Å²) in [5.74, 6) is -3.26. The number of benzene rings is 2. The molecule has 1 aromatic heterocycles. The van der Waals surface area contributed by atoms with Gasteiger partial charge in [0.25, 0.3) is 0 Å². The Labute approximate surface area is 254 Å². The maximum absolute atomic E-state index is 13.7. The van der Waals surface area contributed by atoms with Gasteiger partial charge < -0.3 is 43.2 Å². The van der Waals surface area contributed by atoms with Gasteiger partial charge in [0.05, 0.1) is 12.4 Å². The Bertz CT molecular complexity index is 1380. The number of nitrogens with two attached hydrogens (primary N) is 3. The number of guanidine groups is 1. The van der Waals surface area contributed by atoms with E-state index in [-0.39, 0.29) is 38.2 Å². The van der Waals surface area contributed by atoms with Crippen molar-refractivity contribution in [2.75, 3.05) is 6.54 Å². The van der Waals surface area contributed by atoms with Crippen molar-refractivity contribution < 1.29 is 24.3 Å². The zero-order chi connectivity index (χ0) is 31.9. The van der Waals surface area contributed by atoms with Crippen molar-refractivity contribution in [3.05, 3.63) is 90.0 Å². The highest BCUT2D eigenvalue weighted by Gasteiger charge is 2.30. The third-order valence-electron chi connectivity index (χ3n) is 6.72. The van der Waals surface area contributed by atoms with E-state index >= 15 is 0 Å². The molecule has 14 nitrogen and oxygen atoms in total. The summed E-state index contributed by atoms with van der Waals surface area (Å²) < 4.78 is 0. The van der Waals surface area contributed by atoms with Crippen LogP contribution in [0.1, 0.15) is 29.7 Å². The third kappa shape index (κ3) is 11.2. The van der Waals surface area contributed by atoms with Gasteiger partial charge >= 0.3 is 5.97 Å². The second-order valence-electron chi connectivity index (χ2n) is 10.2. The quantitative estimate of drug-likeness (QED) is 0.0553. The van der Waals surface area contributed by atoms with Crippen LogP contribution in [0.2, 0.25) is 0 Å². The second kappa shape index (κ2) is 17.0. The summed E-state index contributed by atoms with van der Waals surface area (Å²) in [6.07, 6.45) is 3.76. The van der Waals surface area contributed by atoms with Crippen LogP contribution in [0.15, 0.2) is 78.2 Å². The lowest BCUT2D eigenvalue weighted by atomic mass is 10.0. The number of aromatic amines is 1. The predicted octanol–water partition coefficient (Wildman–Crippen LogP) is -0.642. The number of nitrogens with one attached hydrogen (secondary N) is 4. The Kier molecular flexibility index (Phi) is 12.9. The topological polar surface area (TPSA) is 244 Å². The molecule has 0 radical (unpaired) electrons. The molecule has 0 aliphatic heterocycles. The standard InChI is InChI=1S/C30H39N9O5/c31-22(16-21-17-34-18-36-21)26(40)38-24(14-19-8-3-1-4-9-19)28(42)39-25(15-20-10-5-2-6-11-20)27(41)37-23(29(43)44)12-7-13-35-30(32)33/h1-6,8-11,17-18,22-25H,7,12-16,31H2,(H,34,36)(H,37,41)(H,38,40)(H,39,42)(H,43,44)(H4,32,33,35)/t22-,23-,24-,25-/m0/s1. The van der Waals surface area contributed by atoms with E-state index in [0.29, 0.717) is 12.1 Å². The van der Waals surface area contributed by atoms with Gasteiger partial charge in [-0.05, 0) is 24.0 Å². The maximum atomic E-state index is 13.7. The van der Waals surface area contributed by atoms with Gasteiger partial charge in [-0.15, -0.1) is 0 Å². The number of rotatable bonds is 17. The number of carboxylic acids is 1. The molecule has 1 heterocycles. The summed E-state index contributed by atoms with van der Waals surface area (Å²) in [5.41, 5.74) is 18.9. The van der Waals surface area contributed by atoms with Gasteiger partial charge in [-0.2, -0.15) is 0 Å². The molecular formula is C30H39N9O5. The van der Waals surface area contributed by atoms with Crippen molar-refractivity contribution in [1.82, 2.24) is 25.9 Å². The normalized spacial score (nSPS) is 13.5. The van der Waals surface area contributed by atoms with Crippen LogP contribution < -0.4 is 33.2 Å². The first-order chi connectivity index (χ1) is 21.1. The average molecular weight is 606 g/mol. The average Bonchev–Trinajstić information content (AvgIpc) is 3.51. The summed E-state index contributed by atoms with van der Waals surface area (Å²) in [4.78, 5) is 62.8. The predicted molar refractivity (Wildman–Crippen MR) is 164 cm³/mol. The molecule has 11 N–H and O–H groups in total. The van der Waals surface area contributed by atoms with E-state index in [4.69, 9.17) is 17.2 Å². The first kappa shape index (κ1) is 33.3. The molecule has 0 fully saturated rings. The van der Waals surface area contributed by atoms with E-state index in [2.05, 4.69) is 30.9 Å². The molecular weight excluding hydrogens is 566 g/mol. The Morgan fingerprint density at radius 2 is 1.32 bits per heavy atom.